The van der Waals surface area contributed by atoms with Crippen LogP contribution in [0.4, 0.5) is 14.5 Å². The largest absolute Gasteiger partial charge is 0.371 e. The molecule has 0 spiro atoms. The highest BCUT2D eigenvalue weighted by atomic mass is 35.5. The molecule has 0 bridgehead atoms. The van der Waals surface area contributed by atoms with Crippen molar-refractivity contribution in [2.75, 3.05) is 31.1 Å². The van der Waals surface area contributed by atoms with E-state index >= 15 is 0 Å². The summed E-state index contributed by atoms with van der Waals surface area (Å²) in [5.74, 6) is -0.779. The van der Waals surface area contributed by atoms with Crippen LogP contribution in [-0.2, 0) is 6.42 Å². The van der Waals surface area contributed by atoms with Gasteiger partial charge in [-0.05, 0) is 56.3 Å². The summed E-state index contributed by atoms with van der Waals surface area (Å²) in [4.78, 5) is 2.25. The van der Waals surface area contributed by atoms with Gasteiger partial charge in [0.1, 0.15) is 0 Å². The first-order valence-corrected chi connectivity index (χ1v) is 7.17. The Morgan fingerprint density at radius 1 is 1.15 bits per heavy atom. The third-order valence-electron chi connectivity index (χ3n) is 4.27. The lowest BCUT2D eigenvalue weighted by molar-refractivity contribution is 0.371. The number of nitrogens with zero attached hydrogens (tertiary/aromatic N) is 1. The maximum atomic E-state index is 13.4. The van der Waals surface area contributed by atoms with Gasteiger partial charge in [0.25, 0.3) is 0 Å². The quantitative estimate of drug-likeness (QED) is 0.903. The van der Waals surface area contributed by atoms with Gasteiger partial charge >= 0.3 is 0 Å². The molecule has 20 heavy (non-hydrogen) atoms. The Bertz CT molecular complexity index is 461. The van der Waals surface area contributed by atoms with Crippen molar-refractivity contribution in [1.82, 2.24) is 5.32 Å². The maximum Gasteiger partial charge on any atom is 0.160 e. The Balaban J connectivity index is 0.00000147. The highest BCUT2D eigenvalue weighted by Gasteiger charge is 2.23. The van der Waals surface area contributed by atoms with Crippen LogP contribution >= 0.6 is 12.4 Å². The Morgan fingerprint density at radius 3 is 2.60 bits per heavy atom. The van der Waals surface area contributed by atoms with E-state index in [-0.39, 0.29) is 12.4 Å². The molecule has 0 aliphatic carbocycles. The van der Waals surface area contributed by atoms with Crippen molar-refractivity contribution in [3.05, 3.63) is 29.3 Å². The fourth-order valence-electron chi connectivity index (χ4n) is 3.22. The smallest absolute Gasteiger partial charge is 0.160 e. The van der Waals surface area contributed by atoms with Gasteiger partial charge in [0.05, 0.1) is 0 Å². The summed E-state index contributed by atoms with van der Waals surface area (Å²) in [5, 5.41) is 3.36. The van der Waals surface area contributed by atoms with E-state index < -0.39 is 11.6 Å². The monoisotopic (exact) mass is 302 g/mol. The molecule has 1 aromatic carbocycles. The second kappa shape index (κ2) is 6.72. The molecule has 1 aromatic rings. The van der Waals surface area contributed by atoms with Gasteiger partial charge < -0.3 is 10.2 Å². The highest BCUT2D eigenvalue weighted by Crippen LogP contribution is 2.30. The second-order valence-corrected chi connectivity index (χ2v) is 5.64. The average molecular weight is 303 g/mol. The van der Waals surface area contributed by atoms with Crippen molar-refractivity contribution in [2.45, 2.75) is 25.7 Å². The number of hydrogen-bond acceptors (Lipinski definition) is 2. The topological polar surface area (TPSA) is 15.3 Å². The van der Waals surface area contributed by atoms with Crippen LogP contribution in [0.3, 0.4) is 0 Å². The molecular weight excluding hydrogens is 282 g/mol. The maximum absolute atomic E-state index is 13.4. The van der Waals surface area contributed by atoms with Crippen molar-refractivity contribution in [3.63, 3.8) is 0 Å². The third-order valence-corrected chi connectivity index (χ3v) is 4.27. The zero-order chi connectivity index (χ0) is 13.2. The van der Waals surface area contributed by atoms with Gasteiger partial charge in [-0.3, -0.25) is 0 Å². The molecule has 3 rings (SSSR count). The van der Waals surface area contributed by atoms with Crippen LogP contribution in [0, 0.1) is 17.6 Å². The summed E-state index contributed by atoms with van der Waals surface area (Å²) >= 11 is 0. The van der Waals surface area contributed by atoms with Crippen molar-refractivity contribution < 1.29 is 8.78 Å². The highest BCUT2D eigenvalue weighted by molar-refractivity contribution is 5.85. The van der Waals surface area contributed by atoms with Gasteiger partial charge in [-0.25, -0.2) is 8.78 Å². The Morgan fingerprint density at radius 2 is 1.85 bits per heavy atom. The molecule has 0 radical (unpaired) electrons. The second-order valence-electron chi connectivity index (χ2n) is 5.64. The standard InChI is InChI=1S/C15H20F2N2.ClH/c16-13-8-12-2-1-7-19(15(12)9-14(13)17)10-11-3-5-18-6-4-11;/h8-9,11,18H,1-7,10H2;1H. The van der Waals surface area contributed by atoms with Crippen molar-refractivity contribution >= 4 is 18.1 Å². The van der Waals surface area contributed by atoms with E-state index in [1.54, 1.807) is 0 Å². The van der Waals surface area contributed by atoms with E-state index in [4.69, 9.17) is 0 Å². The first-order chi connectivity index (χ1) is 9.24. The first kappa shape index (κ1) is 15.5. The van der Waals surface area contributed by atoms with Crippen molar-refractivity contribution in [2.24, 2.45) is 5.92 Å². The zero-order valence-corrected chi connectivity index (χ0v) is 12.3. The predicted molar refractivity (Wildman–Crippen MR) is 79.7 cm³/mol. The number of nitrogens with one attached hydrogen (secondary N) is 1. The van der Waals surface area contributed by atoms with Gasteiger partial charge in [-0.15, -0.1) is 12.4 Å². The van der Waals surface area contributed by atoms with Crippen LogP contribution < -0.4 is 10.2 Å². The minimum absolute atomic E-state index is 0. The number of piperidine rings is 1. The van der Waals surface area contributed by atoms with E-state index in [9.17, 15) is 8.78 Å². The van der Waals surface area contributed by atoms with Gasteiger partial charge in [-0.2, -0.15) is 0 Å². The molecule has 2 aliphatic heterocycles. The lowest BCUT2D eigenvalue weighted by Crippen LogP contribution is -2.38. The molecule has 5 heteroatoms. The predicted octanol–water partition coefficient (Wildman–Crippen LogP) is 3.14. The van der Waals surface area contributed by atoms with Crippen LogP contribution in [0.5, 0.6) is 0 Å². The summed E-state index contributed by atoms with van der Waals surface area (Å²) in [7, 11) is 0. The number of hydrogen-bond donors (Lipinski definition) is 1. The summed E-state index contributed by atoms with van der Waals surface area (Å²) in [6.07, 6.45) is 4.24. The molecule has 0 amide bonds. The number of fused-ring (bicyclic) bond motifs is 1. The van der Waals surface area contributed by atoms with Gasteiger partial charge in [0.15, 0.2) is 11.6 Å². The normalized spacial score (nSPS) is 19.4. The number of anilines is 1. The molecule has 112 valence electrons. The molecule has 1 N–H and O–H groups in total. The molecule has 0 aromatic heterocycles. The summed E-state index contributed by atoms with van der Waals surface area (Å²) in [6.45, 7) is 4.08. The SMILES string of the molecule is Cl.Fc1cc2c(cc1F)N(CC1CCNCC1)CCC2. The number of benzene rings is 1. The van der Waals surface area contributed by atoms with Crippen LogP contribution in [0.1, 0.15) is 24.8 Å². The van der Waals surface area contributed by atoms with Crippen molar-refractivity contribution in [1.29, 1.82) is 0 Å². The Hall–Kier alpha value is -0.870. The molecule has 0 saturated carbocycles. The summed E-state index contributed by atoms with van der Waals surface area (Å²) in [6, 6.07) is 2.75. The molecule has 0 atom stereocenters. The van der Waals surface area contributed by atoms with E-state index in [1.807, 2.05) is 0 Å². The average Bonchev–Trinajstić information content (AvgIpc) is 2.42. The fourth-order valence-corrected chi connectivity index (χ4v) is 3.22. The minimum atomic E-state index is -0.726. The zero-order valence-electron chi connectivity index (χ0n) is 11.5. The van der Waals surface area contributed by atoms with E-state index in [1.165, 1.54) is 25.0 Å². The molecule has 0 unspecified atom stereocenters. The van der Waals surface area contributed by atoms with E-state index in [2.05, 4.69) is 10.2 Å². The van der Waals surface area contributed by atoms with Crippen LogP contribution in [0.2, 0.25) is 0 Å². The minimum Gasteiger partial charge on any atom is -0.371 e. The number of rotatable bonds is 2. The summed E-state index contributed by atoms with van der Waals surface area (Å²) in [5.41, 5.74) is 1.86. The summed E-state index contributed by atoms with van der Waals surface area (Å²) < 4.78 is 26.7. The van der Waals surface area contributed by atoms with Crippen molar-refractivity contribution in [3.8, 4) is 0 Å². The van der Waals surface area contributed by atoms with E-state index in [0.29, 0.717) is 5.92 Å². The van der Waals surface area contributed by atoms with Crippen LogP contribution in [0.15, 0.2) is 12.1 Å². The van der Waals surface area contributed by atoms with Gasteiger partial charge in [-0.1, -0.05) is 0 Å². The molecule has 1 fully saturated rings. The van der Waals surface area contributed by atoms with Crippen LogP contribution in [0.25, 0.3) is 0 Å². The fraction of sp³-hybridized carbons (Fsp3) is 0.600. The van der Waals surface area contributed by atoms with Gasteiger partial charge in [0, 0.05) is 24.8 Å². The lowest BCUT2D eigenvalue weighted by Gasteiger charge is -2.35. The lowest BCUT2D eigenvalue weighted by atomic mass is 9.95. The van der Waals surface area contributed by atoms with E-state index in [0.717, 1.165) is 50.3 Å². The molecule has 2 heterocycles. The van der Waals surface area contributed by atoms with Crippen LogP contribution in [-0.4, -0.2) is 26.2 Å². The Labute approximate surface area is 124 Å². The number of halogens is 3. The molecular formula is C15H21ClF2N2. The Kier molecular flexibility index (Phi) is 5.22. The first-order valence-electron chi connectivity index (χ1n) is 7.17. The molecule has 1 saturated heterocycles. The molecule has 2 aliphatic rings. The van der Waals surface area contributed by atoms with Gasteiger partial charge in [0.2, 0.25) is 0 Å². The third kappa shape index (κ3) is 3.23. The number of aryl methyl sites for hydroxylation is 1. The molecule has 2 nitrogen and oxygen atoms in total.